The SMILES string of the molecule is [Nb].[SiH3][Ta].[W]. The standard InChI is InChI=1S/Nb.H3Si.Ta.W/h;1H3;;. The van der Waals surface area contributed by atoms with Gasteiger partial charge in [0.15, 0.2) is 0 Å². The van der Waals surface area contributed by atoms with Gasteiger partial charge in [-0.25, -0.2) is 0 Å². The summed E-state index contributed by atoms with van der Waals surface area (Å²) in [6, 6.07) is 0. The zero-order valence-corrected chi connectivity index (χ0v) is 12.6. The van der Waals surface area contributed by atoms with Crippen molar-refractivity contribution in [3.05, 3.63) is 0 Å². The summed E-state index contributed by atoms with van der Waals surface area (Å²) >= 11 is 1.58. The fourth-order valence-corrected chi connectivity index (χ4v) is 0. The quantitative estimate of drug-likeness (QED) is 0.376. The van der Waals surface area contributed by atoms with Gasteiger partial charge in [-0.15, -0.1) is 0 Å². The molecule has 0 aliphatic rings. The van der Waals surface area contributed by atoms with Crippen LogP contribution in [-0.2, 0) is 63.8 Å². The predicted molar refractivity (Wildman–Crippen MR) is 9.94 cm³/mol. The van der Waals surface area contributed by atoms with E-state index in [9.17, 15) is 0 Å². The van der Waals surface area contributed by atoms with Crippen molar-refractivity contribution in [2.75, 3.05) is 0 Å². The number of hydrogen-bond acceptors (Lipinski definition) is 0. The fraction of sp³-hybridized carbons (Fsp3) is 0. The first-order chi connectivity index (χ1) is 1.00. The van der Waals surface area contributed by atoms with Gasteiger partial charge in [-0.05, 0) is 0 Å². The smallest absolute Gasteiger partial charge is 0 e. The average molecular weight is 489 g/mol. The molecule has 0 N–H and O–H groups in total. The second-order valence-electron chi connectivity index (χ2n) is 0. The maximum Gasteiger partial charge on any atom is 0 e. The van der Waals surface area contributed by atoms with Gasteiger partial charge in [0, 0.05) is 43.4 Å². The summed E-state index contributed by atoms with van der Waals surface area (Å²) in [6.45, 7) is 0. The number of hydrogen-bond donors (Lipinski definition) is 0. The van der Waals surface area contributed by atoms with Crippen molar-refractivity contribution in [1.82, 2.24) is 0 Å². The van der Waals surface area contributed by atoms with Crippen molar-refractivity contribution < 1.29 is 63.8 Å². The topological polar surface area (TPSA) is 0 Å². The van der Waals surface area contributed by atoms with Crippen LogP contribution in [0.1, 0.15) is 0 Å². The average Bonchev–Trinajstić information content (AvgIpc) is 1.00. The Morgan fingerprint density at radius 3 is 1.25 bits per heavy atom. The van der Waals surface area contributed by atoms with E-state index in [-0.39, 0.29) is 43.4 Å². The molecule has 23 valence electrons. The Labute approximate surface area is 70.8 Å². The van der Waals surface area contributed by atoms with Crippen LogP contribution in [0.25, 0.3) is 0 Å². The summed E-state index contributed by atoms with van der Waals surface area (Å²) < 4.78 is 0. The van der Waals surface area contributed by atoms with Crippen molar-refractivity contribution in [3.63, 3.8) is 0 Å². The van der Waals surface area contributed by atoms with Gasteiger partial charge >= 0.3 is 28.3 Å². The molecule has 4 heteroatoms. The maximum absolute atomic E-state index is 1.58. The van der Waals surface area contributed by atoms with Crippen LogP contribution in [0.4, 0.5) is 0 Å². The van der Waals surface area contributed by atoms with Gasteiger partial charge in [-0.2, -0.15) is 0 Å². The minimum atomic E-state index is 0. The van der Waals surface area contributed by atoms with Crippen LogP contribution in [0.3, 0.4) is 0 Å². The zero-order valence-electron chi connectivity index (χ0n) is 2.30. The molecular formula is H3NbSiTaW. The van der Waals surface area contributed by atoms with Gasteiger partial charge < -0.3 is 0 Å². The van der Waals surface area contributed by atoms with Crippen molar-refractivity contribution >= 4 is 8.00 Å². The first-order valence-electron chi connectivity index (χ1n) is 0.447. The summed E-state index contributed by atoms with van der Waals surface area (Å²) in [5.74, 6) is 0. The second kappa shape index (κ2) is 18.2. The van der Waals surface area contributed by atoms with E-state index >= 15 is 0 Å². The Kier molecular flexibility index (Phi) is 73.5. The fourth-order valence-electron chi connectivity index (χ4n) is 0. The molecule has 0 aromatic rings. The zero-order chi connectivity index (χ0) is 2.00. The van der Waals surface area contributed by atoms with Gasteiger partial charge in [0.2, 0.25) is 0 Å². The summed E-state index contributed by atoms with van der Waals surface area (Å²) in [5.41, 5.74) is 0. The van der Waals surface area contributed by atoms with Crippen LogP contribution < -0.4 is 0 Å². The second-order valence-corrected chi connectivity index (χ2v) is 0. The molecule has 0 nitrogen and oxygen atoms in total. The molecule has 0 aliphatic heterocycles. The van der Waals surface area contributed by atoms with Crippen LogP contribution in [0, 0.1) is 0 Å². The third-order valence-electron chi connectivity index (χ3n) is 0. The van der Waals surface area contributed by atoms with Gasteiger partial charge in [-0.3, -0.25) is 0 Å². The van der Waals surface area contributed by atoms with Gasteiger partial charge in [0.1, 0.15) is 0 Å². The summed E-state index contributed by atoms with van der Waals surface area (Å²) in [6.07, 6.45) is 0. The molecular weight excluding hydrogens is 486 g/mol. The largest absolute Gasteiger partial charge is 0 e. The molecule has 0 unspecified atom stereocenters. The number of rotatable bonds is 0. The monoisotopic (exact) mass is 489 g/mol. The Morgan fingerprint density at radius 1 is 1.25 bits per heavy atom. The van der Waals surface area contributed by atoms with Crippen LogP contribution in [0.5, 0.6) is 0 Å². The molecule has 4 heavy (non-hydrogen) atoms. The molecule has 0 heterocycles. The van der Waals surface area contributed by atoms with E-state index < -0.39 is 0 Å². The molecule has 0 rings (SSSR count). The van der Waals surface area contributed by atoms with Gasteiger partial charge in [0.25, 0.3) is 0 Å². The Morgan fingerprint density at radius 2 is 1.25 bits per heavy atom. The maximum atomic E-state index is 1.58. The minimum absolute atomic E-state index is 0. The van der Waals surface area contributed by atoms with Crippen molar-refractivity contribution in [1.29, 1.82) is 0 Å². The van der Waals surface area contributed by atoms with E-state index in [0.29, 0.717) is 0 Å². The van der Waals surface area contributed by atoms with Crippen molar-refractivity contribution in [2.24, 2.45) is 0 Å². The third kappa shape index (κ3) is 8.83. The molecule has 0 bridgehead atoms. The predicted octanol–water partition coefficient (Wildman–Crippen LogP) is -1.19. The molecule has 0 amide bonds. The van der Waals surface area contributed by atoms with E-state index in [2.05, 4.69) is 0 Å². The van der Waals surface area contributed by atoms with Crippen LogP contribution >= 0.6 is 0 Å². The van der Waals surface area contributed by atoms with Gasteiger partial charge in [0.05, 0.1) is 0 Å². The van der Waals surface area contributed by atoms with Crippen LogP contribution in [0.15, 0.2) is 0 Å². The Hall–Kier alpha value is 2.39. The molecule has 0 saturated carbocycles. The first-order valence-corrected chi connectivity index (χ1v) is 11.0. The molecule has 0 aromatic heterocycles. The van der Waals surface area contributed by atoms with Crippen LogP contribution in [-0.4, -0.2) is 8.00 Å². The van der Waals surface area contributed by atoms with E-state index in [1.165, 1.54) is 8.00 Å². The molecule has 0 aromatic carbocycles. The van der Waals surface area contributed by atoms with Gasteiger partial charge in [-0.1, -0.05) is 0 Å². The Balaban J connectivity index is -0.00000000500. The molecule has 0 aliphatic carbocycles. The molecule has 0 spiro atoms. The van der Waals surface area contributed by atoms with Crippen molar-refractivity contribution in [2.45, 2.75) is 0 Å². The molecule has 0 saturated heterocycles. The van der Waals surface area contributed by atoms with Crippen molar-refractivity contribution in [3.8, 4) is 0 Å². The van der Waals surface area contributed by atoms with E-state index in [0.717, 1.165) is 0 Å². The normalized spacial score (nSPS) is 2.00. The van der Waals surface area contributed by atoms with Crippen LogP contribution in [0.2, 0.25) is 0 Å². The third-order valence-corrected chi connectivity index (χ3v) is 0. The Bertz CT molecular complexity index is 8.00. The van der Waals surface area contributed by atoms with E-state index in [4.69, 9.17) is 0 Å². The summed E-state index contributed by atoms with van der Waals surface area (Å²) in [5, 5.41) is 0. The molecule has 0 atom stereocenters. The first kappa shape index (κ1) is 16.2. The minimum Gasteiger partial charge on any atom is 0 e. The molecule has 0 fully saturated rings. The van der Waals surface area contributed by atoms with E-state index in [1.54, 1.807) is 20.3 Å². The summed E-state index contributed by atoms with van der Waals surface area (Å²) in [4.78, 5) is 0. The summed E-state index contributed by atoms with van der Waals surface area (Å²) in [7, 11) is 1.42. The molecule has 1 radical (unpaired) electrons. The van der Waals surface area contributed by atoms with E-state index in [1.807, 2.05) is 0 Å².